The zero-order chi connectivity index (χ0) is 20.2. The molecule has 146 valence electrons. The maximum Gasteiger partial charge on any atom is 0.238 e. The van der Waals surface area contributed by atoms with E-state index >= 15 is 0 Å². The molecular formula is C24H22N2O2S. The van der Waals surface area contributed by atoms with Crippen LogP contribution in [0.3, 0.4) is 0 Å². The first-order chi connectivity index (χ1) is 14.1. The number of fused-ring (bicyclic) bond motifs is 1. The normalized spacial score (nSPS) is 16.4. The molecule has 0 aromatic heterocycles. The summed E-state index contributed by atoms with van der Waals surface area (Å²) in [6.45, 7) is 1.96. The zero-order valence-electron chi connectivity index (χ0n) is 16.1. The molecule has 0 radical (unpaired) electrons. The number of carbonyl (C=O) groups is 2. The minimum absolute atomic E-state index is 0.122. The number of hydrogen-bond donors (Lipinski definition) is 2. The average molecular weight is 403 g/mol. The van der Waals surface area contributed by atoms with Crippen molar-refractivity contribution in [1.29, 1.82) is 0 Å². The molecule has 1 heterocycles. The minimum Gasteiger partial charge on any atom is -0.350 e. The van der Waals surface area contributed by atoms with Gasteiger partial charge in [0.2, 0.25) is 11.8 Å². The maximum absolute atomic E-state index is 12.5. The van der Waals surface area contributed by atoms with Gasteiger partial charge in [-0.05, 0) is 35.7 Å². The second-order valence-corrected chi connectivity index (χ2v) is 8.32. The fourth-order valence-corrected chi connectivity index (χ4v) is 4.48. The highest BCUT2D eigenvalue weighted by Crippen LogP contribution is 2.36. The van der Waals surface area contributed by atoms with Gasteiger partial charge in [-0.3, -0.25) is 9.59 Å². The van der Waals surface area contributed by atoms with E-state index in [0.717, 1.165) is 27.3 Å². The predicted molar refractivity (Wildman–Crippen MR) is 118 cm³/mol. The van der Waals surface area contributed by atoms with Crippen LogP contribution in [-0.2, 0) is 9.59 Å². The summed E-state index contributed by atoms with van der Waals surface area (Å²) < 4.78 is 0. The minimum atomic E-state index is -0.419. The number of thioether (sulfide) groups is 1. The number of carbonyl (C=O) groups excluding carboxylic acids is 2. The van der Waals surface area contributed by atoms with Crippen molar-refractivity contribution in [2.75, 3.05) is 5.32 Å². The summed E-state index contributed by atoms with van der Waals surface area (Å²) in [5, 5.41) is 5.48. The third kappa shape index (κ3) is 4.51. The monoisotopic (exact) mass is 402 g/mol. The molecule has 0 saturated heterocycles. The van der Waals surface area contributed by atoms with Crippen LogP contribution in [0.4, 0.5) is 5.69 Å². The van der Waals surface area contributed by atoms with E-state index < -0.39 is 5.25 Å². The van der Waals surface area contributed by atoms with Gasteiger partial charge in [0.25, 0.3) is 0 Å². The number of hydrogen-bond acceptors (Lipinski definition) is 3. The number of benzene rings is 3. The standard InChI is InChI=1S/C24H22N2O2S/c1-16(17-11-13-19(14-12-17)18-7-3-2-4-8-18)25-23(27)15-22-24(28)26-20-9-5-6-10-21(20)29-22/h2-14,16,22H,15H2,1H3,(H,25,27)(H,26,28)/t16-,22+/m0/s1. The van der Waals surface area contributed by atoms with Crippen LogP contribution in [-0.4, -0.2) is 17.1 Å². The molecule has 3 aromatic rings. The first-order valence-corrected chi connectivity index (χ1v) is 10.5. The first kappa shape index (κ1) is 19.3. The Morgan fingerprint density at radius 3 is 2.38 bits per heavy atom. The highest BCUT2D eigenvalue weighted by atomic mass is 32.2. The van der Waals surface area contributed by atoms with E-state index in [1.807, 2.05) is 61.5 Å². The summed E-state index contributed by atoms with van der Waals surface area (Å²) >= 11 is 1.44. The quantitative estimate of drug-likeness (QED) is 0.629. The molecule has 29 heavy (non-hydrogen) atoms. The molecular weight excluding hydrogens is 380 g/mol. The molecule has 3 aromatic carbocycles. The summed E-state index contributed by atoms with van der Waals surface area (Å²) in [4.78, 5) is 25.8. The van der Waals surface area contributed by atoms with Crippen LogP contribution in [0.25, 0.3) is 11.1 Å². The van der Waals surface area contributed by atoms with Crippen molar-refractivity contribution in [1.82, 2.24) is 5.32 Å². The topological polar surface area (TPSA) is 58.2 Å². The maximum atomic E-state index is 12.5. The molecule has 0 bridgehead atoms. The third-order valence-electron chi connectivity index (χ3n) is 4.97. The van der Waals surface area contributed by atoms with Gasteiger partial charge in [-0.2, -0.15) is 0 Å². The zero-order valence-corrected chi connectivity index (χ0v) is 16.9. The molecule has 4 nitrogen and oxygen atoms in total. The van der Waals surface area contributed by atoms with Gasteiger partial charge in [0, 0.05) is 11.3 Å². The number of rotatable bonds is 5. The SMILES string of the molecule is C[C@H](NC(=O)C[C@H]1Sc2ccccc2NC1=O)c1ccc(-c2ccccc2)cc1. The van der Waals surface area contributed by atoms with Crippen LogP contribution in [0.1, 0.15) is 24.9 Å². The Balaban J connectivity index is 1.37. The molecule has 4 rings (SSSR count). The van der Waals surface area contributed by atoms with Gasteiger partial charge in [-0.25, -0.2) is 0 Å². The third-order valence-corrected chi connectivity index (χ3v) is 6.25. The van der Waals surface area contributed by atoms with E-state index in [4.69, 9.17) is 0 Å². The van der Waals surface area contributed by atoms with Crippen molar-refractivity contribution >= 4 is 29.3 Å². The van der Waals surface area contributed by atoms with Crippen molar-refractivity contribution in [2.45, 2.75) is 29.5 Å². The molecule has 0 aliphatic carbocycles. The second kappa shape index (κ2) is 8.53. The van der Waals surface area contributed by atoms with E-state index in [1.54, 1.807) is 0 Å². The van der Waals surface area contributed by atoms with E-state index in [-0.39, 0.29) is 24.3 Å². The summed E-state index contributed by atoms with van der Waals surface area (Å²) in [5.74, 6) is -0.250. The van der Waals surface area contributed by atoms with Gasteiger partial charge in [-0.1, -0.05) is 66.7 Å². The number of amides is 2. The van der Waals surface area contributed by atoms with E-state index in [2.05, 4.69) is 34.9 Å². The molecule has 1 aliphatic heterocycles. The smallest absolute Gasteiger partial charge is 0.238 e. The Hall–Kier alpha value is -3.05. The van der Waals surface area contributed by atoms with Crippen LogP contribution in [0.15, 0.2) is 83.8 Å². The number of para-hydroxylation sites is 1. The molecule has 2 atom stereocenters. The van der Waals surface area contributed by atoms with Gasteiger partial charge < -0.3 is 10.6 Å². The largest absolute Gasteiger partial charge is 0.350 e. The van der Waals surface area contributed by atoms with E-state index in [0.29, 0.717) is 0 Å². The Kier molecular flexibility index (Phi) is 5.67. The van der Waals surface area contributed by atoms with Crippen LogP contribution in [0, 0.1) is 0 Å². The summed E-state index contributed by atoms with van der Waals surface area (Å²) in [6.07, 6.45) is 0.150. The van der Waals surface area contributed by atoms with Crippen molar-refractivity contribution in [2.24, 2.45) is 0 Å². The Labute approximate surface area is 174 Å². The van der Waals surface area contributed by atoms with Crippen LogP contribution >= 0.6 is 11.8 Å². The van der Waals surface area contributed by atoms with Gasteiger partial charge in [0.1, 0.15) is 0 Å². The lowest BCUT2D eigenvalue weighted by molar-refractivity contribution is -0.124. The Morgan fingerprint density at radius 2 is 1.62 bits per heavy atom. The van der Waals surface area contributed by atoms with E-state index in [9.17, 15) is 9.59 Å². The van der Waals surface area contributed by atoms with Gasteiger partial charge in [-0.15, -0.1) is 11.8 Å². The first-order valence-electron chi connectivity index (χ1n) is 9.61. The Morgan fingerprint density at radius 1 is 0.966 bits per heavy atom. The Bertz CT molecular complexity index is 1020. The summed E-state index contributed by atoms with van der Waals surface area (Å²) in [5.41, 5.74) is 4.15. The summed E-state index contributed by atoms with van der Waals surface area (Å²) in [7, 11) is 0. The van der Waals surface area contributed by atoms with Gasteiger partial charge >= 0.3 is 0 Å². The molecule has 2 N–H and O–H groups in total. The molecule has 2 amide bonds. The molecule has 0 saturated carbocycles. The van der Waals surface area contributed by atoms with Crippen LogP contribution < -0.4 is 10.6 Å². The van der Waals surface area contributed by atoms with E-state index in [1.165, 1.54) is 11.8 Å². The number of nitrogens with one attached hydrogen (secondary N) is 2. The van der Waals surface area contributed by atoms with Gasteiger partial charge in [0.15, 0.2) is 0 Å². The fourth-order valence-electron chi connectivity index (χ4n) is 3.37. The molecule has 0 unspecified atom stereocenters. The predicted octanol–water partition coefficient (Wildman–Crippen LogP) is 5.03. The van der Waals surface area contributed by atoms with Crippen molar-refractivity contribution in [3.63, 3.8) is 0 Å². The summed E-state index contributed by atoms with van der Waals surface area (Å²) in [6, 6.07) is 25.9. The number of anilines is 1. The van der Waals surface area contributed by atoms with Gasteiger partial charge in [0.05, 0.1) is 17.0 Å². The van der Waals surface area contributed by atoms with Crippen LogP contribution in [0.5, 0.6) is 0 Å². The molecule has 1 aliphatic rings. The van der Waals surface area contributed by atoms with Crippen molar-refractivity contribution < 1.29 is 9.59 Å². The lowest BCUT2D eigenvalue weighted by Crippen LogP contribution is -2.35. The van der Waals surface area contributed by atoms with Crippen molar-refractivity contribution in [3.05, 3.63) is 84.4 Å². The molecule has 0 spiro atoms. The lowest BCUT2D eigenvalue weighted by Gasteiger charge is -2.24. The lowest BCUT2D eigenvalue weighted by atomic mass is 10.0. The van der Waals surface area contributed by atoms with Crippen LogP contribution in [0.2, 0.25) is 0 Å². The second-order valence-electron chi connectivity index (χ2n) is 7.07. The van der Waals surface area contributed by atoms with Crippen molar-refractivity contribution in [3.8, 4) is 11.1 Å². The molecule has 5 heteroatoms. The molecule has 0 fully saturated rings. The highest BCUT2D eigenvalue weighted by Gasteiger charge is 2.29. The average Bonchev–Trinajstić information content (AvgIpc) is 2.75. The fraction of sp³-hybridized carbons (Fsp3) is 0.167. The highest BCUT2D eigenvalue weighted by molar-refractivity contribution is 8.01.